The molecular weight excluding hydrogens is 414 g/mol. The number of para-hydroxylation sites is 1. The summed E-state index contributed by atoms with van der Waals surface area (Å²) in [7, 11) is 0. The lowest BCUT2D eigenvalue weighted by atomic mass is 9.92. The van der Waals surface area contributed by atoms with E-state index in [9.17, 15) is 9.90 Å². The van der Waals surface area contributed by atoms with Crippen molar-refractivity contribution in [3.8, 4) is 0 Å². The van der Waals surface area contributed by atoms with E-state index in [4.69, 9.17) is 21.3 Å². The molecule has 2 unspecified atom stereocenters. The first-order valence-corrected chi connectivity index (χ1v) is 10.3. The van der Waals surface area contributed by atoms with E-state index in [0.29, 0.717) is 23.0 Å². The minimum Gasteiger partial charge on any atom is -0.462 e. The van der Waals surface area contributed by atoms with Gasteiger partial charge in [-0.1, -0.05) is 36.4 Å². The fourth-order valence-corrected chi connectivity index (χ4v) is 4.36. The topological polar surface area (TPSA) is 77.2 Å². The third-order valence-electron chi connectivity index (χ3n) is 5.83. The number of carbonyl (C=O) groups excluding carboxylic acids is 1. The Morgan fingerprint density at radius 1 is 1.26 bits per heavy atom. The number of hydrogen-bond donors (Lipinski definition) is 1. The van der Waals surface area contributed by atoms with Crippen molar-refractivity contribution in [1.29, 1.82) is 0 Å². The van der Waals surface area contributed by atoms with Crippen LogP contribution in [0.1, 0.15) is 23.2 Å². The fraction of sp³-hybridized carbons (Fsp3) is 0.208. The number of nitrogens with zero attached hydrogens (tertiary/aromatic N) is 3. The molecule has 4 aromatic rings. The second-order valence-corrected chi connectivity index (χ2v) is 8.23. The van der Waals surface area contributed by atoms with Gasteiger partial charge in [0.05, 0.1) is 24.1 Å². The van der Waals surface area contributed by atoms with Gasteiger partial charge in [-0.05, 0) is 31.2 Å². The summed E-state index contributed by atoms with van der Waals surface area (Å²) in [5, 5.41) is 13.5. The van der Waals surface area contributed by atoms with Gasteiger partial charge < -0.3 is 14.4 Å². The molecule has 2 atom stereocenters. The predicted molar refractivity (Wildman–Crippen MR) is 119 cm³/mol. The average Bonchev–Trinajstić information content (AvgIpc) is 3.27. The molecule has 0 radical (unpaired) electrons. The summed E-state index contributed by atoms with van der Waals surface area (Å²) in [6.07, 6.45) is 0.927. The van der Waals surface area contributed by atoms with Crippen molar-refractivity contribution in [3.05, 3.63) is 82.9 Å². The van der Waals surface area contributed by atoms with Gasteiger partial charge in [0.2, 0.25) is 0 Å². The quantitative estimate of drug-likeness (QED) is 0.382. The Kier molecular flexibility index (Phi) is 4.76. The molecule has 7 heteroatoms. The van der Waals surface area contributed by atoms with Crippen molar-refractivity contribution >= 4 is 39.4 Å². The molecule has 0 bridgehead atoms. The first-order valence-electron chi connectivity index (χ1n) is 9.97. The number of aliphatic hydroxyl groups is 1. The lowest BCUT2D eigenvalue weighted by Gasteiger charge is -2.15. The van der Waals surface area contributed by atoms with Gasteiger partial charge in [0, 0.05) is 44.3 Å². The van der Waals surface area contributed by atoms with Gasteiger partial charge >= 0.3 is 5.97 Å². The van der Waals surface area contributed by atoms with Crippen molar-refractivity contribution in [1.82, 2.24) is 14.5 Å². The molecule has 1 fully saturated rings. The molecule has 3 heterocycles. The maximum Gasteiger partial charge on any atom is 0.333 e. The standard InChI is InChI=1S/C24H20ClN3O3/c1-13-19(12-31-24(13)30)23(29)18-10-28(21-8-7-15(25)9-17(18)21)11-22-26-14(2)16-5-3-4-6-20(16)27-22/h3-10,19,23,29H,1,11-12H2,2H3. The number of ether oxygens (including phenoxy) is 1. The number of aryl methyl sites for hydroxylation is 1. The number of esters is 1. The Morgan fingerprint density at radius 3 is 2.84 bits per heavy atom. The Bertz CT molecular complexity index is 1360. The van der Waals surface area contributed by atoms with Crippen molar-refractivity contribution in [2.75, 3.05) is 6.61 Å². The molecule has 5 rings (SSSR count). The first-order chi connectivity index (χ1) is 14.9. The van der Waals surface area contributed by atoms with E-state index in [0.717, 1.165) is 27.5 Å². The lowest BCUT2D eigenvalue weighted by Crippen LogP contribution is -2.14. The number of aliphatic hydroxyl groups excluding tert-OH is 1. The molecule has 156 valence electrons. The van der Waals surface area contributed by atoms with Gasteiger partial charge in [-0.25, -0.2) is 14.8 Å². The van der Waals surface area contributed by atoms with E-state index in [2.05, 4.69) is 11.6 Å². The zero-order valence-corrected chi connectivity index (χ0v) is 17.6. The highest BCUT2D eigenvalue weighted by atomic mass is 35.5. The van der Waals surface area contributed by atoms with E-state index in [1.165, 1.54) is 0 Å². The van der Waals surface area contributed by atoms with Crippen LogP contribution in [0.2, 0.25) is 5.02 Å². The van der Waals surface area contributed by atoms with Crippen LogP contribution in [0, 0.1) is 12.8 Å². The average molecular weight is 434 g/mol. The maximum atomic E-state index is 11.7. The Labute approximate surface area is 183 Å². The second kappa shape index (κ2) is 7.48. The van der Waals surface area contributed by atoms with Crippen molar-refractivity contribution in [2.24, 2.45) is 5.92 Å². The summed E-state index contributed by atoms with van der Waals surface area (Å²) in [6.45, 7) is 6.30. The molecule has 0 spiro atoms. The molecule has 2 aromatic heterocycles. The normalized spacial score (nSPS) is 17.5. The van der Waals surface area contributed by atoms with Crippen LogP contribution in [0.15, 0.2) is 60.8 Å². The largest absolute Gasteiger partial charge is 0.462 e. The van der Waals surface area contributed by atoms with Crippen LogP contribution in [0.3, 0.4) is 0 Å². The molecular formula is C24H20ClN3O3. The Hall–Kier alpha value is -3.22. The van der Waals surface area contributed by atoms with E-state index >= 15 is 0 Å². The fourth-order valence-electron chi connectivity index (χ4n) is 4.19. The summed E-state index contributed by atoms with van der Waals surface area (Å²) in [5.41, 5.74) is 3.65. The highest BCUT2D eigenvalue weighted by Gasteiger charge is 2.36. The van der Waals surface area contributed by atoms with Gasteiger partial charge in [-0.15, -0.1) is 0 Å². The Morgan fingerprint density at radius 2 is 2.06 bits per heavy atom. The number of hydrogen-bond acceptors (Lipinski definition) is 5. The SMILES string of the molecule is C=C1C(=O)OCC1C(O)c1cn(Cc2nc(C)c3ccccc3n2)c2ccc(Cl)cc12. The number of fused-ring (bicyclic) bond motifs is 2. The van der Waals surface area contributed by atoms with Crippen LogP contribution < -0.4 is 0 Å². The molecule has 6 nitrogen and oxygen atoms in total. The number of cyclic esters (lactones) is 1. The first kappa shape index (κ1) is 19.7. The molecule has 0 aliphatic carbocycles. The van der Waals surface area contributed by atoms with Crippen LogP contribution in [-0.4, -0.2) is 32.2 Å². The summed E-state index contributed by atoms with van der Waals surface area (Å²) < 4.78 is 7.06. The third kappa shape index (κ3) is 3.38. The number of rotatable bonds is 4. The van der Waals surface area contributed by atoms with E-state index < -0.39 is 18.0 Å². The smallest absolute Gasteiger partial charge is 0.333 e. The van der Waals surface area contributed by atoms with Crippen molar-refractivity contribution in [3.63, 3.8) is 0 Å². The molecule has 1 aliphatic heterocycles. The predicted octanol–water partition coefficient (Wildman–Crippen LogP) is 4.36. The molecule has 1 N–H and O–H groups in total. The lowest BCUT2D eigenvalue weighted by molar-refractivity contribution is -0.135. The van der Waals surface area contributed by atoms with Gasteiger partial charge in [0.1, 0.15) is 12.4 Å². The molecule has 1 aliphatic rings. The molecule has 0 saturated carbocycles. The summed E-state index contributed by atoms with van der Waals surface area (Å²) in [6, 6.07) is 13.4. The number of halogens is 1. The minimum absolute atomic E-state index is 0.110. The highest BCUT2D eigenvalue weighted by molar-refractivity contribution is 6.31. The monoisotopic (exact) mass is 433 g/mol. The van der Waals surface area contributed by atoms with Crippen LogP contribution in [0.4, 0.5) is 0 Å². The van der Waals surface area contributed by atoms with Crippen molar-refractivity contribution in [2.45, 2.75) is 19.6 Å². The van der Waals surface area contributed by atoms with E-state index in [-0.39, 0.29) is 12.2 Å². The molecule has 1 saturated heterocycles. The molecule has 0 amide bonds. The van der Waals surface area contributed by atoms with Crippen LogP contribution >= 0.6 is 11.6 Å². The van der Waals surface area contributed by atoms with Gasteiger partial charge in [-0.3, -0.25) is 0 Å². The Balaban J connectivity index is 1.59. The van der Waals surface area contributed by atoms with Crippen LogP contribution in [0.25, 0.3) is 21.8 Å². The van der Waals surface area contributed by atoms with E-state index in [1.807, 2.05) is 60.2 Å². The van der Waals surface area contributed by atoms with Gasteiger partial charge in [0.25, 0.3) is 0 Å². The second-order valence-electron chi connectivity index (χ2n) is 7.79. The zero-order valence-electron chi connectivity index (χ0n) is 16.9. The highest BCUT2D eigenvalue weighted by Crippen LogP contribution is 2.37. The van der Waals surface area contributed by atoms with Gasteiger partial charge in [0.15, 0.2) is 0 Å². The van der Waals surface area contributed by atoms with Crippen LogP contribution in [0.5, 0.6) is 0 Å². The summed E-state index contributed by atoms with van der Waals surface area (Å²) >= 11 is 6.25. The summed E-state index contributed by atoms with van der Waals surface area (Å²) in [5.74, 6) is -0.288. The number of benzene rings is 2. The minimum atomic E-state index is -0.944. The van der Waals surface area contributed by atoms with Gasteiger partial charge in [-0.2, -0.15) is 0 Å². The number of carbonyl (C=O) groups is 1. The third-order valence-corrected chi connectivity index (χ3v) is 6.06. The molecule has 2 aromatic carbocycles. The maximum absolute atomic E-state index is 11.7. The number of aromatic nitrogens is 3. The van der Waals surface area contributed by atoms with Crippen LogP contribution in [-0.2, 0) is 16.1 Å². The van der Waals surface area contributed by atoms with E-state index in [1.54, 1.807) is 0 Å². The van der Waals surface area contributed by atoms with Crippen molar-refractivity contribution < 1.29 is 14.6 Å². The zero-order chi connectivity index (χ0) is 21.7. The molecule has 31 heavy (non-hydrogen) atoms. The summed E-state index contributed by atoms with van der Waals surface area (Å²) in [4.78, 5) is 21.1.